The maximum absolute atomic E-state index is 11.9. The first kappa shape index (κ1) is 16.3. The Morgan fingerprint density at radius 3 is 2.46 bits per heavy atom. The number of carbonyl (C=O) groups is 1. The van der Waals surface area contributed by atoms with Crippen molar-refractivity contribution in [2.24, 2.45) is 0 Å². The van der Waals surface area contributed by atoms with Crippen molar-refractivity contribution >= 4 is 11.9 Å². The second-order valence-electron chi connectivity index (χ2n) is 5.73. The van der Waals surface area contributed by atoms with E-state index >= 15 is 0 Å². The van der Waals surface area contributed by atoms with Crippen LogP contribution >= 0.6 is 0 Å². The molecule has 1 saturated heterocycles. The summed E-state index contributed by atoms with van der Waals surface area (Å²) in [7, 11) is 0. The van der Waals surface area contributed by atoms with E-state index in [0.29, 0.717) is 13.0 Å². The molecule has 0 unspecified atom stereocenters. The van der Waals surface area contributed by atoms with Crippen LogP contribution in [0.25, 0.3) is 0 Å². The van der Waals surface area contributed by atoms with Gasteiger partial charge < -0.3 is 10.2 Å². The van der Waals surface area contributed by atoms with Crippen LogP contribution in [0.5, 0.6) is 0 Å². The zero-order valence-electron chi connectivity index (χ0n) is 13.6. The zero-order valence-corrected chi connectivity index (χ0v) is 13.6. The molecule has 2 aromatic heterocycles. The van der Waals surface area contributed by atoms with Crippen molar-refractivity contribution in [2.75, 3.05) is 37.6 Å². The van der Waals surface area contributed by atoms with Crippen molar-refractivity contribution in [2.45, 2.75) is 13.0 Å². The second-order valence-corrected chi connectivity index (χ2v) is 5.73. The maximum atomic E-state index is 11.9. The molecule has 24 heavy (non-hydrogen) atoms. The van der Waals surface area contributed by atoms with Gasteiger partial charge in [0.2, 0.25) is 11.9 Å². The Labute approximate surface area is 141 Å². The SMILES string of the molecule is O=C(CCN1CCN(c2ncccn2)CC1)NCc1ccccn1. The third kappa shape index (κ3) is 4.73. The highest BCUT2D eigenvalue weighted by molar-refractivity contribution is 5.76. The van der Waals surface area contributed by atoms with Crippen LogP contribution in [0.1, 0.15) is 12.1 Å². The van der Waals surface area contributed by atoms with E-state index in [-0.39, 0.29) is 5.91 Å². The highest BCUT2D eigenvalue weighted by Gasteiger charge is 2.19. The van der Waals surface area contributed by atoms with Gasteiger partial charge >= 0.3 is 0 Å². The predicted octanol–water partition coefficient (Wildman–Crippen LogP) is 0.700. The van der Waals surface area contributed by atoms with Gasteiger partial charge in [-0.2, -0.15) is 0 Å². The van der Waals surface area contributed by atoms with E-state index in [0.717, 1.165) is 44.4 Å². The maximum Gasteiger partial charge on any atom is 0.225 e. The quantitative estimate of drug-likeness (QED) is 0.842. The number of amides is 1. The molecule has 0 radical (unpaired) electrons. The molecule has 0 bridgehead atoms. The van der Waals surface area contributed by atoms with Crippen molar-refractivity contribution in [3.05, 3.63) is 48.5 Å². The lowest BCUT2D eigenvalue weighted by atomic mass is 10.3. The molecule has 1 fully saturated rings. The monoisotopic (exact) mass is 326 g/mol. The van der Waals surface area contributed by atoms with Gasteiger partial charge in [-0.25, -0.2) is 9.97 Å². The number of nitrogens with zero attached hydrogens (tertiary/aromatic N) is 5. The van der Waals surface area contributed by atoms with Crippen molar-refractivity contribution in [3.63, 3.8) is 0 Å². The first-order valence-electron chi connectivity index (χ1n) is 8.22. The molecule has 0 spiro atoms. The van der Waals surface area contributed by atoms with Gasteiger partial charge in [0, 0.05) is 57.7 Å². The van der Waals surface area contributed by atoms with Gasteiger partial charge in [-0.05, 0) is 18.2 Å². The van der Waals surface area contributed by atoms with E-state index in [1.807, 2.05) is 24.3 Å². The predicted molar refractivity (Wildman–Crippen MR) is 91.4 cm³/mol. The van der Waals surface area contributed by atoms with Crippen LogP contribution in [-0.2, 0) is 11.3 Å². The Hall–Kier alpha value is -2.54. The minimum Gasteiger partial charge on any atom is -0.350 e. The Bertz CT molecular complexity index is 628. The minimum absolute atomic E-state index is 0.0643. The lowest BCUT2D eigenvalue weighted by molar-refractivity contribution is -0.121. The van der Waals surface area contributed by atoms with E-state index in [2.05, 4.69) is 30.1 Å². The van der Waals surface area contributed by atoms with Crippen LogP contribution in [0.2, 0.25) is 0 Å². The topological polar surface area (TPSA) is 74.2 Å². The summed E-state index contributed by atoms with van der Waals surface area (Å²) in [5.74, 6) is 0.847. The molecule has 1 aliphatic rings. The number of carbonyl (C=O) groups excluding carboxylic acids is 1. The molecular weight excluding hydrogens is 304 g/mol. The molecule has 1 N–H and O–H groups in total. The van der Waals surface area contributed by atoms with E-state index < -0.39 is 0 Å². The molecular formula is C17H22N6O. The molecule has 3 rings (SSSR count). The lowest BCUT2D eigenvalue weighted by Crippen LogP contribution is -2.47. The fourth-order valence-corrected chi connectivity index (χ4v) is 2.67. The number of pyridine rings is 1. The summed E-state index contributed by atoms with van der Waals surface area (Å²) in [5.41, 5.74) is 0.877. The van der Waals surface area contributed by atoms with Gasteiger partial charge in [0.25, 0.3) is 0 Å². The van der Waals surface area contributed by atoms with Crippen LogP contribution in [0.15, 0.2) is 42.9 Å². The van der Waals surface area contributed by atoms with E-state index in [1.165, 1.54) is 0 Å². The molecule has 7 nitrogen and oxygen atoms in total. The average Bonchev–Trinajstić information content (AvgIpc) is 2.67. The molecule has 3 heterocycles. The molecule has 1 amide bonds. The smallest absolute Gasteiger partial charge is 0.225 e. The summed E-state index contributed by atoms with van der Waals surface area (Å²) in [4.78, 5) is 29.2. The van der Waals surface area contributed by atoms with Crippen molar-refractivity contribution in [1.82, 2.24) is 25.2 Å². The first-order chi connectivity index (χ1) is 11.8. The third-order valence-corrected chi connectivity index (χ3v) is 4.06. The van der Waals surface area contributed by atoms with Gasteiger partial charge in [0.15, 0.2) is 0 Å². The molecule has 7 heteroatoms. The molecule has 0 saturated carbocycles. The number of nitrogens with one attached hydrogen (secondary N) is 1. The van der Waals surface area contributed by atoms with Crippen LogP contribution in [-0.4, -0.2) is 58.5 Å². The van der Waals surface area contributed by atoms with Gasteiger partial charge in [-0.3, -0.25) is 14.7 Å². The van der Waals surface area contributed by atoms with Gasteiger partial charge in [-0.1, -0.05) is 6.07 Å². The first-order valence-corrected chi connectivity index (χ1v) is 8.22. The minimum atomic E-state index is 0.0643. The summed E-state index contributed by atoms with van der Waals surface area (Å²) in [6, 6.07) is 7.52. The van der Waals surface area contributed by atoms with Crippen LogP contribution in [0.4, 0.5) is 5.95 Å². The molecule has 0 aromatic carbocycles. The Balaban J connectivity index is 1.35. The molecule has 1 aliphatic heterocycles. The lowest BCUT2D eigenvalue weighted by Gasteiger charge is -2.34. The summed E-state index contributed by atoms with van der Waals surface area (Å²) >= 11 is 0. The number of hydrogen-bond donors (Lipinski definition) is 1. The third-order valence-electron chi connectivity index (χ3n) is 4.06. The number of anilines is 1. The number of rotatable bonds is 6. The van der Waals surface area contributed by atoms with Gasteiger partial charge in [-0.15, -0.1) is 0 Å². The van der Waals surface area contributed by atoms with E-state index in [1.54, 1.807) is 18.6 Å². The van der Waals surface area contributed by atoms with E-state index in [4.69, 9.17) is 0 Å². The second kappa shape index (κ2) is 8.35. The van der Waals surface area contributed by atoms with Crippen LogP contribution in [0, 0.1) is 0 Å². The molecule has 2 aromatic rings. The number of aromatic nitrogens is 3. The van der Waals surface area contributed by atoms with Crippen LogP contribution < -0.4 is 10.2 Å². The molecule has 0 aliphatic carbocycles. The summed E-state index contributed by atoms with van der Waals surface area (Å²) < 4.78 is 0. The number of piperazine rings is 1. The molecule has 0 atom stereocenters. The Kier molecular flexibility index (Phi) is 5.68. The van der Waals surface area contributed by atoms with Crippen molar-refractivity contribution in [1.29, 1.82) is 0 Å². The van der Waals surface area contributed by atoms with Gasteiger partial charge in [0.1, 0.15) is 0 Å². The Morgan fingerprint density at radius 2 is 1.75 bits per heavy atom. The zero-order chi connectivity index (χ0) is 16.6. The summed E-state index contributed by atoms with van der Waals surface area (Å²) in [6.45, 7) is 4.88. The normalized spacial score (nSPS) is 15.2. The standard InChI is InChI=1S/C17H22N6O/c24-16(21-14-15-4-1-2-6-18-15)5-9-22-10-12-23(13-11-22)17-19-7-3-8-20-17/h1-4,6-8H,5,9-14H2,(H,21,24). The summed E-state index contributed by atoms with van der Waals surface area (Å²) in [5, 5.41) is 2.91. The average molecular weight is 326 g/mol. The van der Waals surface area contributed by atoms with Crippen molar-refractivity contribution in [3.8, 4) is 0 Å². The summed E-state index contributed by atoms with van der Waals surface area (Å²) in [6.07, 6.45) is 5.77. The highest BCUT2D eigenvalue weighted by Crippen LogP contribution is 2.09. The Morgan fingerprint density at radius 1 is 1.00 bits per heavy atom. The highest BCUT2D eigenvalue weighted by atomic mass is 16.1. The largest absolute Gasteiger partial charge is 0.350 e. The molecule has 126 valence electrons. The van der Waals surface area contributed by atoms with Crippen LogP contribution in [0.3, 0.4) is 0 Å². The van der Waals surface area contributed by atoms with Crippen molar-refractivity contribution < 1.29 is 4.79 Å². The fraction of sp³-hybridized carbons (Fsp3) is 0.412. The van der Waals surface area contributed by atoms with Gasteiger partial charge in [0.05, 0.1) is 12.2 Å². The number of hydrogen-bond acceptors (Lipinski definition) is 6. The van der Waals surface area contributed by atoms with E-state index in [9.17, 15) is 4.79 Å². The fourth-order valence-electron chi connectivity index (χ4n) is 2.67.